The molecule has 2 nitrogen and oxygen atoms in total. The zero-order chi connectivity index (χ0) is 9.10. The molecule has 2 saturated carbocycles. The number of hydrogen-bond acceptors (Lipinski definition) is 2. The molecule has 0 radical (unpaired) electrons. The summed E-state index contributed by atoms with van der Waals surface area (Å²) < 4.78 is 0. The summed E-state index contributed by atoms with van der Waals surface area (Å²) in [5.74, 6) is -0.864. The van der Waals surface area contributed by atoms with Crippen molar-refractivity contribution in [1.82, 2.24) is 0 Å². The Kier molecular flexibility index (Phi) is 2.44. The Morgan fingerprint density at radius 1 is 1.21 bits per heavy atom. The van der Waals surface area contributed by atoms with E-state index in [0.29, 0.717) is 0 Å². The fourth-order valence-electron chi connectivity index (χ4n) is 2.47. The Labute approximate surface area is 125 Å². The SMILES string of the molecule is O=C([O-])C12CC1(c1ccccc1)C2.[K+]. The maximum atomic E-state index is 10.8. The van der Waals surface area contributed by atoms with Crippen LogP contribution >= 0.6 is 0 Å². The molecule has 2 aliphatic rings. The minimum absolute atomic E-state index is 0. The van der Waals surface area contributed by atoms with E-state index in [0.717, 1.165) is 12.8 Å². The summed E-state index contributed by atoms with van der Waals surface area (Å²) in [6, 6.07) is 9.89. The molecule has 0 spiro atoms. The first-order valence-electron chi connectivity index (χ1n) is 4.48. The fourth-order valence-corrected chi connectivity index (χ4v) is 2.47. The summed E-state index contributed by atoms with van der Waals surface area (Å²) in [5.41, 5.74) is 0.653. The second-order valence-corrected chi connectivity index (χ2v) is 4.17. The molecule has 1 aromatic carbocycles. The van der Waals surface area contributed by atoms with Gasteiger partial charge in [-0.15, -0.1) is 0 Å². The Morgan fingerprint density at radius 3 is 2.21 bits per heavy atom. The molecule has 0 bridgehead atoms. The third-order valence-corrected chi connectivity index (χ3v) is 3.59. The number of carbonyl (C=O) groups is 1. The first-order chi connectivity index (χ1) is 6.21. The second-order valence-electron chi connectivity index (χ2n) is 4.17. The van der Waals surface area contributed by atoms with E-state index in [1.54, 1.807) is 0 Å². The molecule has 14 heavy (non-hydrogen) atoms. The van der Waals surface area contributed by atoms with E-state index in [-0.39, 0.29) is 56.8 Å². The van der Waals surface area contributed by atoms with E-state index in [9.17, 15) is 9.90 Å². The topological polar surface area (TPSA) is 40.1 Å². The first kappa shape index (κ1) is 10.8. The molecule has 0 atom stereocenters. The average molecular weight is 212 g/mol. The monoisotopic (exact) mass is 212 g/mol. The zero-order valence-corrected chi connectivity index (χ0v) is 11.2. The van der Waals surface area contributed by atoms with E-state index in [4.69, 9.17) is 0 Å². The van der Waals surface area contributed by atoms with Crippen molar-refractivity contribution < 1.29 is 61.3 Å². The Balaban J connectivity index is 0.000000750. The van der Waals surface area contributed by atoms with Crippen molar-refractivity contribution >= 4 is 5.97 Å². The van der Waals surface area contributed by atoms with Crippen LogP contribution in [0.2, 0.25) is 0 Å². The van der Waals surface area contributed by atoms with Crippen molar-refractivity contribution in [2.24, 2.45) is 5.41 Å². The largest absolute Gasteiger partial charge is 1.00 e. The molecule has 0 heterocycles. The molecule has 0 unspecified atom stereocenters. The number of hydrogen-bond donors (Lipinski definition) is 0. The quantitative estimate of drug-likeness (QED) is 0.507. The van der Waals surface area contributed by atoms with Gasteiger partial charge >= 0.3 is 51.4 Å². The van der Waals surface area contributed by atoms with Gasteiger partial charge in [0.05, 0.1) is 0 Å². The van der Waals surface area contributed by atoms with Gasteiger partial charge in [-0.05, 0) is 18.4 Å². The Bertz CT molecular complexity index is 380. The summed E-state index contributed by atoms with van der Waals surface area (Å²) in [5, 5.41) is 10.8. The van der Waals surface area contributed by atoms with Crippen LogP contribution in [-0.4, -0.2) is 5.97 Å². The Morgan fingerprint density at radius 2 is 1.79 bits per heavy atom. The molecular weight excluding hydrogens is 203 g/mol. The van der Waals surface area contributed by atoms with Crippen molar-refractivity contribution in [2.75, 3.05) is 0 Å². The number of carbonyl (C=O) groups excluding carboxylic acids is 1. The van der Waals surface area contributed by atoms with Crippen molar-refractivity contribution in [3.63, 3.8) is 0 Å². The van der Waals surface area contributed by atoms with Gasteiger partial charge in [-0.2, -0.15) is 0 Å². The van der Waals surface area contributed by atoms with E-state index < -0.39 is 11.4 Å². The van der Waals surface area contributed by atoms with Crippen LogP contribution in [0.15, 0.2) is 30.3 Å². The predicted molar refractivity (Wildman–Crippen MR) is 44.8 cm³/mol. The van der Waals surface area contributed by atoms with Gasteiger partial charge in [0.1, 0.15) is 0 Å². The number of rotatable bonds is 2. The normalized spacial score (nSPS) is 36.6. The van der Waals surface area contributed by atoms with Crippen molar-refractivity contribution in [3.05, 3.63) is 35.9 Å². The van der Waals surface area contributed by atoms with Gasteiger partial charge in [-0.1, -0.05) is 30.3 Å². The maximum Gasteiger partial charge on any atom is 1.00 e. The number of carboxylic acid groups (broad SMARTS) is 1. The van der Waals surface area contributed by atoms with Crippen LogP contribution in [0.25, 0.3) is 0 Å². The molecule has 3 heteroatoms. The van der Waals surface area contributed by atoms with Crippen molar-refractivity contribution in [2.45, 2.75) is 18.3 Å². The van der Waals surface area contributed by atoms with Crippen LogP contribution in [0.3, 0.4) is 0 Å². The van der Waals surface area contributed by atoms with Gasteiger partial charge in [0.2, 0.25) is 0 Å². The van der Waals surface area contributed by atoms with Gasteiger partial charge in [0, 0.05) is 16.8 Å². The molecule has 0 N–H and O–H groups in total. The van der Waals surface area contributed by atoms with Crippen LogP contribution in [0.5, 0.6) is 0 Å². The number of benzene rings is 1. The summed E-state index contributed by atoms with van der Waals surface area (Å²) in [4.78, 5) is 10.8. The van der Waals surface area contributed by atoms with Crippen LogP contribution in [0.4, 0.5) is 0 Å². The van der Waals surface area contributed by atoms with E-state index in [1.807, 2.05) is 30.3 Å². The molecule has 2 aliphatic carbocycles. The van der Waals surface area contributed by atoms with Crippen molar-refractivity contribution in [1.29, 1.82) is 0 Å². The fraction of sp³-hybridized carbons (Fsp3) is 0.364. The van der Waals surface area contributed by atoms with Crippen LogP contribution < -0.4 is 56.5 Å². The minimum atomic E-state index is -0.864. The molecule has 66 valence electrons. The number of aliphatic carboxylic acids is 1. The van der Waals surface area contributed by atoms with Crippen LogP contribution in [0.1, 0.15) is 18.4 Å². The molecule has 0 saturated heterocycles. The van der Waals surface area contributed by atoms with Crippen LogP contribution in [-0.2, 0) is 10.2 Å². The molecule has 3 rings (SSSR count). The minimum Gasteiger partial charge on any atom is -0.550 e. The number of carboxylic acids is 1. The average Bonchev–Trinajstić information content (AvgIpc) is 2.90. The molecule has 0 amide bonds. The van der Waals surface area contributed by atoms with E-state index >= 15 is 0 Å². The van der Waals surface area contributed by atoms with E-state index in [2.05, 4.69) is 0 Å². The predicted octanol–water partition coefficient (Wildman–Crippen LogP) is -2.53. The molecule has 0 aromatic heterocycles. The van der Waals surface area contributed by atoms with Gasteiger partial charge in [-0.3, -0.25) is 0 Å². The zero-order valence-electron chi connectivity index (χ0n) is 8.12. The summed E-state index contributed by atoms with van der Waals surface area (Å²) in [6.07, 6.45) is 1.57. The first-order valence-corrected chi connectivity index (χ1v) is 4.48. The summed E-state index contributed by atoms with van der Waals surface area (Å²) in [7, 11) is 0. The van der Waals surface area contributed by atoms with Gasteiger partial charge < -0.3 is 9.90 Å². The standard InChI is InChI=1S/C11H10O2.K/c12-9(13)11-6-10(11,7-11)8-4-2-1-3-5-8;/h1-5H,6-7H2,(H,12,13);/q;+1/p-1. The molecule has 2 fully saturated rings. The van der Waals surface area contributed by atoms with Gasteiger partial charge in [-0.25, -0.2) is 0 Å². The van der Waals surface area contributed by atoms with Crippen LogP contribution in [0, 0.1) is 5.41 Å². The van der Waals surface area contributed by atoms with Crippen molar-refractivity contribution in [3.8, 4) is 0 Å². The molecule has 0 aliphatic heterocycles. The maximum absolute atomic E-state index is 10.8. The summed E-state index contributed by atoms with van der Waals surface area (Å²) >= 11 is 0. The second kappa shape index (κ2) is 3.16. The third kappa shape index (κ3) is 1.13. The van der Waals surface area contributed by atoms with E-state index in [1.165, 1.54) is 5.56 Å². The smallest absolute Gasteiger partial charge is 0.550 e. The van der Waals surface area contributed by atoms with Gasteiger partial charge in [0.25, 0.3) is 0 Å². The summed E-state index contributed by atoms with van der Waals surface area (Å²) in [6.45, 7) is 0. The molecule has 1 aromatic rings. The number of fused-ring (bicyclic) bond motifs is 1. The Hall–Kier alpha value is 0.326. The molecular formula is C11H9KO2. The van der Waals surface area contributed by atoms with Gasteiger partial charge in [0.15, 0.2) is 0 Å². The third-order valence-electron chi connectivity index (χ3n) is 3.59.